The van der Waals surface area contributed by atoms with Gasteiger partial charge in [0.25, 0.3) is 0 Å². The summed E-state index contributed by atoms with van der Waals surface area (Å²) < 4.78 is 14.6. The van der Waals surface area contributed by atoms with E-state index < -0.39 is 0 Å². The monoisotopic (exact) mass is 546 g/mol. The third-order valence-corrected chi connectivity index (χ3v) is 7.62. The van der Waals surface area contributed by atoms with Crippen molar-refractivity contribution in [2.24, 2.45) is 0 Å². The van der Waals surface area contributed by atoms with Gasteiger partial charge in [0.15, 0.2) is 5.65 Å². The molecule has 1 aliphatic heterocycles. The minimum Gasteiger partial charge on any atom is -0.353 e. The maximum atomic E-state index is 14.6. The van der Waals surface area contributed by atoms with E-state index in [2.05, 4.69) is 42.4 Å². The van der Waals surface area contributed by atoms with Crippen molar-refractivity contribution in [3.8, 4) is 33.6 Å². The van der Waals surface area contributed by atoms with Crippen molar-refractivity contribution in [2.75, 3.05) is 38.5 Å². The average Bonchev–Trinajstić information content (AvgIpc) is 3.62. The van der Waals surface area contributed by atoms with Gasteiger partial charge in [-0.2, -0.15) is 5.10 Å². The van der Waals surface area contributed by atoms with Crippen molar-refractivity contribution in [3.63, 3.8) is 0 Å². The number of pyridine rings is 2. The number of amides is 2. The first-order valence-electron chi connectivity index (χ1n) is 13.4. The van der Waals surface area contributed by atoms with E-state index >= 15 is 0 Å². The van der Waals surface area contributed by atoms with E-state index in [4.69, 9.17) is 0 Å². The van der Waals surface area contributed by atoms with Crippen LogP contribution in [0.1, 0.15) is 0 Å². The fourth-order valence-corrected chi connectivity index (χ4v) is 5.35. The molecule has 4 aromatic heterocycles. The van der Waals surface area contributed by atoms with Crippen LogP contribution in [-0.4, -0.2) is 74.2 Å². The minimum atomic E-state index is -0.265. The van der Waals surface area contributed by atoms with Gasteiger partial charge in [-0.05, 0) is 42.9 Å². The molecule has 10 heteroatoms. The quantitative estimate of drug-likeness (QED) is 0.261. The molecule has 1 aliphatic rings. The van der Waals surface area contributed by atoms with E-state index in [-0.39, 0.29) is 11.8 Å². The first-order valence-corrected chi connectivity index (χ1v) is 13.4. The summed E-state index contributed by atoms with van der Waals surface area (Å²) in [7, 11) is 2.06. The van der Waals surface area contributed by atoms with Gasteiger partial charge >= 0.3 is 6.03 Å². The highest BCUT2D eigenvalue weighted by atomic mass is 19.1. The van der Waals surface area contributed by atoms with E-state index in [1.165, 1.54) is 6.07 Å². The van der Waals surface area contributed by atoms with Crippen molar-refractivity contribution >= 4 is 33.7 Å². The number of benzene rings is 2. The number of urea groups is 1. The molecule has 7 rings (SSSR count). The number of nitrogens with one attached hydrogen (secondary N) is 3. The summed E-state index contributed by atoms with van der Waals surface area (Å²) in [5.74, 6) is -0.265. The van der Waals surface area contributed by atoms with Crippen LogP contribution >= 0.6 is 0 Å². The number of fused-ring (bicyclic) bond motifs is 2. The normalized spacial score (nSPS) is 14.1. The lowest BCUT2D eigenvalue weighted by molar-refractivity contribution is 0.164. The number of aromatic amines is 2. The van der Waals surface area contributed by atoms with Gasteiger partial charge in [-0.1, -0.05) is 30.3 Å². The number of carbonyl (C=O) groups is 1. The molecule has 1 saturated heterocycles. The Hall–Kier alpha value is -5.09. The lowest BCUT2D eigenvalue weighted by atomic mass is 10.0. The smallest absolute Gasteiger partial charge is 0.321 e. The molecule has 0 aliphatic carbocycles. The van der Waals surface area contributed by atoms with Gasteiger partial charge in [-0.15, -0.1) is 0 Å². The Balaban J connectivity index is 1.21. The van der Waals surface area contributed by atoms with Gasteiger partial charge in [-0.3, -0.25) is 10.1 Å². The Labute approximate surface area is 235 Å². The summed E-state index contributed by atoms with van der Waals surface area (Å²) in [5, 5.41) is 12.2. The van der Waals surface area contributed by atoms with E-state index in [9.17, 15) is 9.18 Å². The number of rotatable bonds is 4. The number of hydrogen-bond donors (Lipinski definition) is 3. The highest BCUT2D eigenvalue weighted by Gasteiger charge is 2.20. The average molecular weight is 547 g/mol. The number of anilines is 1. The van der Waals surface area contributed by atoms with Crippen LogP contribution in [0.5, 0.6) is 0 Å². The molecule has 0 unspecified atom stereocenters. The molecule has 204 valence electrons. The van der Waals surface area contributed by atoms with Gasteiger partial charge in [0, 0.05) is 71.6 Å². The van der Waals surface area contributed by atoms with Gasteiger partial charge in [-0.25, -0.2) is 14.2 Å². The summed E-state index contributed by atoms with van der Waals surface area (Å²) >= 11 is 0. The summed E-state index contributed by atoms with van der Waals surface area (Å²) in [6, 6.07) is 18.4. The molecule has 0 atom stereocenters. The number of nitrogens with zero attached hydrogens (tertiary/aromatic N) is 5. The summed E-state index contributed by atoms with van der Waals surface area (Å²) in [6.45, 7) is 3.08. The second-order valence-corrected chi connectivity index (χ2v) is 10.3. The third kappa shape index (κ3) is 4.68. The van der Waals surface area contributed by atoms with Gasteiger partial charge in [0.05, 0.1) is 23.3 Å². The van der Waals surface area contributed by atoms with Crippen LogP contribution in [0.25, 0.3) is 55.6 Å². The highest BCUT2D eigenvalue weighted by Crippen LogP contribution is 2.35. The molecule has 41 heavy (non-hydrogen) atoms. The van der Waals surface area contributed by atoms with Crippen molar-refractivity contribution in [1.82, 2.24) is 34.9 Å². The van der Waals surface area contributed by atoms with Crippen molar-refractivity contribution < 1.29 is 9.18 Å². The zero-order valence-electron chi connectivity index (χ0n) is 22.4. The summed E-state index contributed by atoms with van der Waals surface area (Å²) in [6.07, 6.45) is 5.14. The SMILES string of the molecule is CN1CCN(C(=O)Nc2cncc(-c3cnc4n[nH]c(-c5cc6c(-c7ccccc7F)cccc6[nH]5)c4c3)c2)CC1. The largest absolute Gasteiger partial charge is 0.353 e. The van der Waals surface area contributed by atoms with Crippen LogP contribution in [0, 0.1) is 5.82 Å². The lowest BCUT2D eigenvalue weighted by Gasteiger charge is -2.32. The standard InChI is InChI=1S/C31H27FN8O/c1-39-9-11-40(12-10-39)31(41)35-21-13-19(16-33-18-21)20-14-25-29(37-38-30(25)34-17-20)28-15-24-22(6-4-8-27(24)36-28)23-5-2-3-7-26(23)32/h2-8,13-18,36H,9-12H2,1H3,(H,35,41)(H,34,37,38). The topological polar surface area (TPSA) is 106 Å². The zero-order valence-corrected chi connectivity index (χ0v) is 22.4. The number of piperazine rings is 1. The first-order chi connectivity index (χ1) is 20.0. The van der Waals surface area contributed by atoms with Crippen LogP contribution in [0.3, 0.4) is 0 Å². The molecular formula is C31H27FN8O. The molecule has 6 aromatic rings. The first kappa shape index (κ1) is 24.9. The summed E-state index contributed by atoms with van der Waals surface area (Å²) in [4.78, 5) is 29.2. The second-order valence-electron chi connectivity index (χ2n) is 10.3. The van der Waals surface area contributed by atoms with E-state index in [0.29, 0.717) is 30.0 Å². The molecule has 0 spiro atoms. The van der Waals surface area contributed by atoms with Crippen LogP contribution in [-0.2, 0) is 0 Å². The Kier molecular flexibility index (Phi) is 6.16. The van der Waals surface area contributed by atoms with Crippen LogP contribution < -0.4 is 5.32 Å². The van der Waals surface area contributed by atoms with E-state index in [1.54, 1.807) is 30.7 Å². The number of hydrogen-bond acceptors (Lipinski definition) is 5. The van der Waals surface area contributed by atoms with E-state index in [1.807, 2.05) is 47.4 Å². The fourth-order valence-electron chi connectivity index (χ4n) is 5.35. The van der Waals surface area contributed by atoms with Gasteiger partial charge < -0.3 is 20.1 Å². The molecule has 0 bridgehead atoms. The Morgan fingerprint density at radius 2 is 1.71 bits per heavy atom. The predicted octanol–water partition coefficient (Wildman–Crippen LogP) is 5.75. The van der Waals surface area contributed by atoms with Gasteiger partial charge in [0.2, 0.25) is 0 Å². The number of H-pyrrole nitrogens is 2. The van der Waals surface area contributed by atoms with E-state index in [0.717, 1.165) is 57.5 Å². The van der Waals surface area contributed by atoms with Crippen LogP contribution in [0.15, 0.2) is 79.3 Å². The maximum Gasteiger partial charge on any atom is 0.321 e. The van der Waals surface area contributed by atoms with Crippen LogP contribution in [0.2, 0.25) is 0 Å². The lowest BCUT2D eigenvalue weighted by Crippen LogP contribution is -2.48. The molecule has 3 N–H and O–H groups in total. The molecule has 5 heterocycles. The fraction of sp³-hybridized carbons (Fsp3) is 0.161. The molecule has 2 amide bonds. The molecule has 2 aromatic carbocycles. The molecule has 0 radical (unpaired) electrons. The molecule has 1 fully saturated rings. The Morgan fingerprint density at radius 3 is 2.56 bits per heavy atom. The van der Waals surface area contributed by atoms with Gasteiger partial charge in [0.1, 0.15) is 5.82 Å². The van der Waals surface area contributed by atoms with Crippen LogP contribution in [0.4, 0.5) is 14.9 Å². The number of aromatic nitrogens is 5. The minimum absolute atomic E-state index is 0.128. The molecule has 9 nitrogen and oxygen atoms in total. The predicted molar refractivity (Wildman–Crippen MR) is 158 cm³/mol. The number of likely N-dealkylation sites (N-methyl/N-ethyl adjacent to an activating group) is 1. The van der Waals surface area contributed by atoms with Crippen molar-refractivity contribution in [1.29, 1.82) is 0 Å². The summed E-state index contributed by atoms with van der Waals surface area (Å²) in [5.41, 5.74) is 6.70. The Bertz CT molecular complexity index is 1900. The molecule has 0 saturated carbocycles. The maximum absolute atomic E-state index is 14.6. The number of halogens is 1. The van der Waals surface area contributed by atoms with Crippen molar-refractivity contribution in [2.45, 2.75) is 0 Å². The molecular weight excluding hydrogens is 519 g/mol. The Morgan fingerprint density at radius 1 is 0.902 bits per heavy atom. The van der Waals surface area contributed by atoms with Crippen molar-refractivity contribution in [3.05, 3.63) is 85.1 Å². The number of carbonyl (C=O) groups excluding carboxylic acids is 1. The zero-order chi connectivity index (χ0) is 27.9. The third-order valence-electron chi connectivity index (χ3n) is 7.62. The highest BCUT2D eigenvalue weighted by molar-refractivity contribution is 6.01. The second kappa shape index (κ2) is 10.1.